The number of nitrogens with one attached hydrogen (secondary N) is 1. The summed E-state index contributed by atoms with van der Waals surface area (Å²) < 4.78 is 0. The summed E-state index contributed by atoms with van der Waals surface area (Å²) >= 11 is 6.52. The lowest BCUT2D eigenvalue weighted by atomic mass is 9.98. The lowest BCUT2D eigenvalue weighted by Gasteiger charge is -2.35. The van der Waals surface area contributed by atoms with Crippen molar-refractivity contribution in [3.05, 3.63) is 53.2 Å². The molecule has 3 nitrogen and oxygen atoms in total. The molecule has 0 saturated carbocycles. The Morgan fingerprint density at radius 1 is 1.36 bits per heavy atom. The first-order chi connectivity index (χ1) is 10.6. The van der Waals surface area contributed by atoms with E-state index in [-0.39, 0.29) is 6.04 Å². The first-order valence-corrected chi connectivity index (χ1v) is 8.17. The molecule has 1 aromatic heterocycles. The molecule has 1 aromatic carbocycles. The van der Waals surface area contributed by atoms with Crippen molar-refractivity contribution in [3.8, 4) is 0 Å². The first-order valence-electron chi connectivity index (χ1n) is 7.79. The highest BCUT2D eigenvalue weighted by atomic mass is 35.5. The molecule has 0 radical (unpaired) electrons. The van der Waals surface area contributed by atoms with E-state index < -0.39 is 0 Å². The van der Waals surface area contributed by atoms with Gasteiger partial charge in [-0.1, -0.05) is 35.4 Å². The van der Waals surface area contributed by atoms with E-state index in [0.29, 0.717) is 5.15 Å². The highest BCUT2D eigenvalue weighted by molar-refractivity contribution is 6.30. The molecule has 0 bridgehead atoms. The second-order valence-electron chi connectivity index (χ2n) is 6.02. The molecule has 4 heteroatoms. The smallest absolute Gasteiger partial charge is 0.134 e. The number of piperazine rings is 1. The number of halogens is 1. The van der Waals surface area contributed by atoms with Crippen LogP contribution in [0.15, 0.2) is 42.5 Å². The number of nitrogens with zero attached hydrogens (tertiary/aromatic N) is 2. The Morgan fingerprint density at radius 2 is 2.09 bits per heavy atom. The number of rotatable bonds is 4. The standard InChI is InChI=1S/C18H22ClN3/c1-13(2)11-17(22-9-7-20-8-10-22)15-12-14-5-3-4-6-16(14)21-18(15)19/h3-6,12,17,20H,1,7-11H2,2H3/t17-/m0/s1. The van der Waals surface area contributed by atoms with Crippen molar-refractivity contribution in [2.24, 2.45) is 0 Å². The predicted octanol–water partition coefficient (Wildman–Crippen LogP) is 3.80. The van der Waals surface area contributed by atoms with Gasteiger partial charge in [-0.25, -0.2) is 4.98 Å². The van der Waals surface area contributed by atoms with Gasteiger partial charge < -0.3 is 5.32 Å². The van der Waals surface area contributed by atoms with Crippen molar-refractivity contribution in [1.29, 1.82) is 0 Å². The molecule has 1 saturated heterocycles. The van der Waals surface area contributed by atoms with Gasteiger partial charge in [0.15, 0.2) is 0 Å². The quantitative estimate of drug-likeness (QED) is 0.687. The minimum absolute atomic E-state index is 0.254. The Kier molecular flexibility index (Phi) is 4.77. The second kappa shape index (κ2) is 6.78. The van der Waals surface area contributed by atoms with E-state index in [1.165, 1.54) is 5.57 Å². The summed E-state index contributed by atoms with van der Waals surface area (Å²) in [6.07, 6.45) is 0.916. The third-order valence-corrected chi connectivity index (χ3v) is 4.50. The average Bonchev–Trinajstić information content (AvgIpc) is 2.53. The van der Waals surface area contributed by atoms with Crippen molar-refractivity contribution >= 4 is 22.5 Å². The number of benzene rings is 1. The predicted molar refractivity (Wildman–Crippen MR) is 93.4 cm³/mol. The van der Waals surface area contributed by atoms with Crippen molar-refractivity contribution < 1.29 is 0 Å². The maximum absolute atomic E-state index is 6.52. The highest BCUT2D eigenvalue weighted by Gasteiger charge is 2.25. The van der Waals surface area contributed by atoms with E-state index in [4.69, 9.17) is 11.6 Å². The van der Waals surface area contributed by atoms with Gasteiger partial charge in [-0.3, -0.25) is 4.90 Å². The fourth-order valence-electron chi connectivity index (χ4n) is 3.10. The lowest BCUT2D eigenvalue weighted by Crippen LogP contribution is -2.45. The van der Waals surface area contributed by atoms with Crippen LogP contribution in [0, 0.1) is 0 Å². The molecule has 3 rings (SSSR count). The molecular weight excluding hydrogens is 294 g/mol. The number of para-hydroxylation sites is 1. The van der Waals surface area contributed by atoms with Crippen molar-refractivity contribution in [2.75, 3.05) is 26.2 Å². The summed E-state index contributed by atoms with van der Waals surface area (Å²) in [6, 6.07) is 10.6. The van der Waals surface area contributed by atoms with Crippen molar-refractivity contribution in [3.63, 3.8) is 0 Å². The highest BCUT2D eigenvalue weighted by Crippen LogP contribution is 2.33. The van der Waals surface area contributed by atoms with Gasteiger partial charge in [0.2, 0.25) is 0 Å². The van der Waals surface area contributed by atoms with Gasteiger partial charge in [-0.05, 0) is 25.5 Å². The van der Waals surface area contributed by atoms with Crippen molar-refractivity contribution in [1.82, 2.24) is 15.2 Å². The summed E-state index contributed by atoms with van der Waals surface area (Å²) in [7, 11) is 0. The maximum atomic E-state index is 6.52. The van der Waals surface area contributed by atoms with E-state index in [1.807, 2.05) is 18.2 Å². The largest absolute Gasteiger partial charge is 0.314 e. The van der Waals surface area contributed by atoms with Crippen LogP contribution in [0.1, 0.15) is 24.9 Å². The van der Waals surface area contributed by atoms with Gasteiger partial charge in [-0.2, -0.15) is 0 Å². The molecule has 2 heterocycles. The molecule has 116 valence electrons. The molecule has 1 aliphatic rings. The maximum Gasteiger partial charge on any atom is 0.134 e. The minimum Gasteiger partial charge on any atom is -0.314 e. The number of hydrogen-bond donors (Lipinski definition) is 1. The van der Waals surface area contributed by atoms with Gasteiger partial charge in [-0.15, -0.1) is 6.58 Å². The number of aromatic nitrogens is 1. The van der Waals surface area contributed by atoms with E-state index in [2.05, 4.69) is 40.8 Å². The summed E-state index contributed by atoms with van der Waals surface area (Å²) in [6.45, 7) is 10.3. The third-order valence-electron chi connectivity index (χ3n) is 4.20. The van der Waals surface area contributed by atoms with Crippen LogP contribution in [0.25, 0.3) is 10.9 Å². The molecule has 0 amide bonds. The molecule has 0 spiro atoms. The topological polar surface area (TPSA) is 28.2 Å². The number of hydrogen-bond acceptors (Lipinski definition) is 3. The molecule has 22 heavy (non-hydrogen) atoms. The zero-order valence-electron chi connectivity index (χ0n) is 13.0. The van der Waals surface area contributed by atoms with E-state index in [1.54, 1.807) is 0 Å². The molecule has 1 aliphatic heterocycles. The summed E-state index contributed by atoms with van der Waals surface area (Å²) in [4.78, 5) is 7.08. The monoisotopic (exact) mass is 315 g/mol. The Hall–Kier alpha value is -1.42. The molecule has 0 aliphatic carbocycles. The van der Waals surface area contributed by atoms with Crippen molar-refractivity contribution in [2.45, 2.75) is 19.4 Å². The van der Waals surface area contributed by atoms with Crippen LogP contribution in [0.3, 0.4) is 0 Å². The Balaban J connectivity index is 2.02. The zero-order valence-corrected chi connectivity index (χ0v) is 13.7. The first kappa shape index (κ1) is 15.5. The third kappa shape index (κ3) is 3.32. The van der Waals surface area contributed by atoms with E-state index in [9.17, 15) is 0 Å². The van der Waals surface area contributed by atoms with Gasteiger partial charge in [0.1, 0.15) is 5.15 Å². The van der Waals surface area contributed by atoms with Gasteiger partial charge in [0, 0.05) is 43.2 Å². The van der Waals surface area contributed by atoms with Crippen LogP contribution in [-0.4, -0.2) is 36.1 Å². The lowest BCUT2D eigenvalue weighted by molar-refractivity contribution is 0.172. The molecule has 1 N–H and O–H groups in total. The van der Waals surface area contributed by atoms with Crippen LogP contribution in [0.4, 0.5) is 0 Å². The molecule has 2 aromatic rings. The van der Waals surface area contributed by atoms with Gasteiger partial charge in [0.25, 0.3) is 0 Å². The van der Waals surface area contributed by atoms with Gasteiger partial charge >= 0.3 is 0 Å². The average molecular weight is 316 g/mol. The fraction of sp³-hybridized carbons (Fsp3) is 0.389. The zero-order chi connectivity index (χ0) is 15.5. The number of fused-ring (bicyclic) bond motifs is 1. The fourth-order valence-corrected chi connectivity index (χ4v) is 3.37. The van der Waals surface area contributed by atoms with Gasteiger partial charge in [0.05, 0.1) is 5.52 Å². The van der Waals surface area contributed by atoms with Crippen LogP contribution >= 0.6 is 11.6 Å². The molecule has 0 unspecified atom stereocenters. The Bertz CT molecular complexity index is 677. The molecule has 1 atom stereocenters. The summed E-state index contributed by atoms with van der Waals surface area (Å²) in [5.74, 6) is 0. The molecule has 1 fully saturated rings. The Labute approximate surface area is 137 Å². The van der Waals surface area contributed by atoms with Crippen LogP contribution in [0.2, 0.25) is 5.15 Å². The minimum atomic E-state index is 0.254. The van der Waals surface area contributed by atoms with Crippen LogP contribution in [0.5, 0.6) is 0 Å². The second-order valence-corrected chi connectivity index (χ2v) is 6.38. The normalized spacial score (nSPS) is 17.5. The van der Waals surface area contributed by atoms with Crippen LogP contribution < -0.4 is 5.32 Å². The van der Waals surface area contributed by atoms with E-state index >= 15 is 0 Å². The summed E-state index contributed by atoms with van der Waals surface area (Å²) in [5.41, 5.74) is 3.24. The Morgan fingerprint density at radius 3 is 2.82 bits per heavy atom. The van der Waals surface area contributed by atoms with Crippen LogP contribution in [-0.2, 0) is 0 Å². The molecular formula is C18H22ClN3. The number of pyridine rings is 1. The SMILES string of the molecule is C=C(C)C[C@@H](c1cc2ccccc2nc1Cl)N1CCNCC1. The van der Waals surface area contributed by atoms with E-state index in [0.717, 1.165) is 49.1 Å². The summed E-state index contributed by atoms with van der Waals surface area (Å²) in [5, 5.41) is 5.16.